The third-order valence-corrected chi connectivity index (χ3v) is 5.17. The summed E-state index contributed by atoms with van der Waals surface area (Å²) in [7, 11) is -3.22. The highest BCUT2D eigenvalue weighted by Gasteiger charge is 2.22. The molecule has 1 heterocycles. The summed E-state index contributed by atoms with van der Waals surface area (Å²) in [5.74, 6) is 0. The van der Waals surface area contributed by atoms with Gasteiger partial charge in [0.15, 0.2) is 9.84 Å². The number of sulfone groups is 1. The van der Waals surface area contributed by atoms with E-state index in [1.807, 2.05) is 19.1 Å². The molecule has 1 atom stereocenters. The lowest BCUT2D eigenvalue weighted by Gasteiger charge is -2.27. The highest BCUT2D eigenvalue weighted by atomic mass is 32.2. The van der Waals surface area contributed by atoms with Crippen molar-refractivity contribution in [3.8, 4) is 0 Å². The first kappa shape index (κ1) is 16.3. The fourth-order valence-corrected chi connectivity index (χ4v) is 3.67. The van der Waals surface area contributed by atoms with Gasteiger partial charge >= 0.3 is 0 Å². The Morgan fingerprint density at radius 1 is 1.19 bits per heavy atom. The van der Waals surface area contributed by atoms with E-state index in [1.165, 1.54) is 6.26 Å². The van der Waals surface area contributed by atoms with Crippen LogP contribution in [-0.4, -0.2) is 63.5 Å². The molecule has 1 aromatic carbocycles. The van der Waals surface area contributed by atoms with Gasteiger partial charge in [-0.15, -0.1) is 0 Å². The van der Waals surface area contributed by atoms with Crippen molar-refractivity contribution in [2.75, 3.05) is 43.9 Å². The number of hydrogen-bond acceptors (Lipinski definition) is 5. The second-order valence-electron chi connectivity index (χ2n) is 5.65. The maximum Gasteiger partial charge on any atom is 0.177 e. The van der Waals surface area contributed by atoms with Crippen LogP contribution in [0.25, 0.3) is 0 Å². The van der Waals surface area contributed by atoms with Crippen LogP contribution in [0.4, 0.5) is 5.69 Å². The molecule has 118 valence electrons. The third-order valence-electron chi connectivity index (χ3n) is 4.02. The molecule has 1 fully saturated rings. The summed E-state index contributed by atoms with van der Waals surface area (Å²) < 4.78 is 23.9. The summed E-state index contributed by atoms with van der Waals surface area (Å²) >= 11 is 0. The number of aliphatic hydroxyl groups is 1. The average molecular weight is 312 g/mol. The number of rotatable bonds is 4. The van der Waals surface area contributed by atoms with Gasteiger partial charge in [-0.3, -0.25) is 4.90 Å². The number of benzene rings is 1. The predicted molar refractivity (Wildman–Crippen MR) is 84.5 cm³/mol. The molecule has 0 saturated carbocycles. The van der Waals surface area contributed by atoms with E-state index >= 15 is 0 Å². The van der Waals surface area contributed by atoms with Gasteiger partial charge in [0.1, 0.15) is 0 Å². The highest BCUT2D eigenvalue weighted by molar-refractivity contribution is 7.90. The quantitative estimate of drug-likeness (QED) is 0.898. The van der Waals surface area contributed by atoms with Crippen LogP contribution < -0.4 is 4.90 Å². The van der Waals surface area contributed by atoms with Crippen LogP contribution in [0, 0.1) is 0 Å². The van der Waals surface area contributed by atoms with E-state index in [1.54, 1.807) is 12.1 Å². The van der Waals surface area contributed by atoms with Crippen LogP contribution in [0.5, 0.6) is 0 Å². The largest absolute Gasteiger partial charge is 0.395 e. The zero-order valence-electron chi connectivity index (χ0n) is 12.7. The van der Waals surface area contributed by atoms with Crippen molar-refractivity contribution in [3.63, 3.8) is 0 Å². The molecule has 1 N–H and O–H groups in total. The fraction of sp³-hybridized carbons (Fsp3) is 0.600. The number of aliphatic hydroxyl groups excluding tert-OH is 1. The van der Waals surface area contributed by atoms with Gasteiger partial charge in [-0.1, -0.05) is 12.1 Å². The van der Waals surface area contributed by atoms with Crippen molar-refractivity contribution in [2.24, 2.45) is 0 Å². The number of anilines is 1. The molecule has 0 aromatic heterocycles. The SMILES string of the molecule is C[C@H](CO)N1CCCN(c2ccccc2S(C)(=O)=O)CC1. The van der Waals surface area contributed by atoms with E-state index < -0.39 is 9.84 Å². The molecule has 1 aliphatic rings. The van der Waals surface area contributed by atoms with Gasteiger partial charge in [0.25, 0.3) is 0 Å². The topological polar surface area (TPSA) is 60.9 Å². The Morgan fingerprint density at radius 3 is 2.57 bits per heavy atom. The maximum absolute atomic E-state index is 11.9. The van der Waals surface area contributed by atoms with Crippen LogP contribution in [0.1, 0.15) is 13.3 Å². The van der Waals surface area contributed by atoms with Gasteiger partial charge in [-0.05, 0) is 25.5 Å². The fourth-order valence-electron chi connectivity index (χ4n) is 2.77. The number of para-hydroxylation sites is 1. The second-order valence-corrected chi connectivity index (χ2v) is 7.63. The molecule has 0 aliphatic carbocycles. The molecule has 2 rings (SSSR count). The van der Waals surface area contributed by atoms with E-state index in [9.17, 15) is 13.5 Å². The molecule has 1 aromatic rings. The molecule has 0 radical (unpaired) electrons. The van der Waals surface area contributed by atoms with Gasteiger partial charge < -0.3 is 10.0 Å². The smallest absolute Gasteiger partial charge is 0.177 e. The predicted octanol–water partition coefficient (Wildman–Crippen LogP) is 0.983. The zero-order valence-corrected chi connectivity index (χ0v) is 13.5. The Balaban J connectivity index is 2.20. The Hall–Kier alpha value is -1.11. The lowest BCUT2D eigenvalue weighted by Crippen LogP contribution is -2.38. The summed E-state index contributed by atoms with van der Waals surface area (Å²) in [5, 5.41) is 9.28. The average Bonchev–Trinajstić information content (AvgIpc) is 2.71. The molecule has 0 amide bonds. The van der Waals surface area contributed by atoms with Gasteiger partial charge in [-0.25, -0.2) is 8.42 Å². The second kappa shape index (κ2) is 6.77. The summed E-state index contributed by atoms with van der Waals surface area (Å²) in [6.45, 7) is 5.54. The Labute approximate surface area is 127 Å². The van der Waals surface area contributed by atoms with Crippen molar-refractivity contribution < 1.29 is 13.5 Å². The maximum atomic E-state index is 11.9. The van der Waals surface area contributed by atoms with Crippen molar-refractivity contribution in [3.05, 3.63) is 24.3 Å². The minimum atomic E-state index is -3.22. The Morgan fingerprint density at radius 2 is 1.90 bits per heavy atom. The molecule has 1 saturated heterocycles. The molecule has 1 aliphatic heterocycles. The van der Waals surface area contributed by atoms with Gasteiger partial charge in [0.05, 0.1) is 17.2 Å². The summed E-state index contributed by atoms with van der Waals surface area (Å²) in [6, 6.07) is 7.33. The van der Waals surface area contributed by atoms with Crippen LogP contribution in [0.3, 0.4) is 0 Å². The van der Waals surface area contributed by atoms with Crippen LogP contribution in [0.2, 0.25) is 0 Å². The van der Waals surface area contributed by atoms with E-state index in [0.717, 1.165) is 38.3 Å². The van der Waals surface area contributed by atoms with E-state index in [4.69, 9.17) is 0 Å². The molecule has 21 heavy (non-hydrogen) atoms. The first-order valence-corrected chi connectivity index (χ1v) is 9.21. The molecule has 0 unspecified atom stereocenters. The third kappa shape index (κ3) is 3.96. The van der Waals surface area contributed by atoms with Crippen LogP contribution in [0.15, 0.2) is 29.2 Å². The summed E-state index contributed by atoms with van der Waals surface area (Å²) in [6.07, 6.45) is 2.21. The lowest BCUT2D eigenvalue weighted by atomic mass is 10.2. The lowest BCUT2D eigenvalue weighted by molar-refractivity contribution is 0.141. The minimum Gasteiger partial charge on any atom is -0.395 e. The number of nitrogens with zero attached hydrogens (tertiary/aromatic N) is 2. The molecule has 0 bridgehead atoms. The van der Waals surface area contributed by atoms with E-state index in [-0.39, 0.29) is 12.6 Å². The normalized spacial score (nSPS) is 19.3. The van der Waals surface area contributed by atoms with Crippen LogP contribution >= 0.6 is 0 Å². The molecular weight excluding hydrogens is 288 g/mol. The molecule has 5 nitrogen and oxygen atoms in total. The first-order chi connectivity index (χ1) is 9.93. The van der Waals surface area contributed by atoms with Gasteiger partial charge in [-0.2, -0.15) is 0 Å². The number of hydrogen-bond donors (Lipinski definition) is 1. The zero-order chi connectivity index (χ0) is 15.5. The molecule has 0 spiro atoms. The standard InChI is InChI=1S/C15H24N2O3S/c1-13(12-18)16-8-5-9-17(11-10-16)14-6-3-4-7-15(14)21(2,19)20/h3-4,6-7,13,18H,5,8-12H2,1-2H3/t13-/m1/s1. The summed E-state index contributed by atoms with van der Waals surface area (Å²) in [4.78, 5) is 4.79. The van der Waals surface area contributed by atoms with Crippen molar-refractivity contribution in [1.29, 1.82) is 0 Å². The van der Waals surface area contributed by atoms with Gasteiger partial charge in [0, 0.05) is 38.5 Å². The molecule has 6 heteroatoms. The van der Waals surface area contributed by atoms with Gasteiger partial charge in [0.2, 0.25) is 0 Å². The van der Waals surface area contributed by atoms with Crippen molar-refractivity contribution in [2.45, 2.75) is 24.3 Å². The van der Waals surface area contributed by atoms with Crippen molar-refractivity contribution >= 4 is 15.5 Å². The summed E-state index contributed by atoms with van der Waals surface area (Å²) in [5.41, 5.74) is 0.790. The van der Waals surface area contributed by atoms with E-state index in [2.05, 4.69) is 9.80 Å². The van der Waals surface area contributed by atoms with Crippen molar-refractivity contribution in [1.82, 2.24) is 4.90 Å². The first-order valence-electron chi connectivity index (χ1n) is 7.32. The van der Waals surface area contributed by atoms with Crippen LogP contribution in [-0.2, 0) is 9.84 Å². The Bertz CT molecular complexity index is 574. The Kier molecular flexibility index (Phi) is 5.24. The highest BCUT2D eigenvalue weighted by Crippen LogP contribution is 2.26. The minimum absolute atomic E-state index is 0.148. The monoisotopic (exact) mass is 312 g/mol. The molecular formula is C15H24N2O3S. The van der Waals surface area contributed by atoms with E-state index in [0.29, 0.717) is 4.90 Å².